The SMILES string of the molecule is CN1CCCc2cc3c(cc21)OCCCC3(N)C(=O)O. The van der Waals surface area contributed by atoms with E-state index in [2.05, 4.69) is 4.90 Å². The minimum Gasteiger partial charge on any atom is -0.493 e. The van der Waals surface area contributed by atoms with Crippen molar-refractivity contribution in [2.24, 2.45) is 5.73 Å². The number of benzene rings is 1. The maximum atomic E-state index is 11.6. The lowest BCUT2D eigenvalue weighted by Gasteiger charge is -2.31. The third-order valence-electron chi connectivity index (χ3n) is 4.37. The molecule has 3 N–H and O–H groups in total. The molecule has 0 radical (unpaired) electrons. The molecule has 0 aliphatic carbocycles. The van der Waals surface area contributed by atoms with E-state index in [0.29, 0.717) is 30.8 Å². The van der Waals surface area contributed by atoms with Crippen LogP contribution in [0.25, 0.3) is 0 Å². The highest BCUT2D eigenvalue weighted by Crippen LogP contribution is 2.40. The molecule has 1 atom stereocenters. The summed E-state index contributed by atoms with van der Waals surface area (Å²) in [4.78, 5) is 13.8. The highest BCUT2D eigenvalue weighted by molar-refractivity contribution is 5.82. The summed E-state index contributed by atoms with van der Waals surface area (Å²) in [5, 5.41) is 9.53. The van der Waals surface area contributed by atoms with Gasteiger partial charge in [-0.25, -0.2) is 4.79 Å². The Labute approximate surface area is 118 Å². The fourth-order valence-corrected chi connectivity index (χ4v) is 3.15. The lowest BCUT2D eigenvalue weighted by Crippen LogP contribution is -2.44. The molecule has 0 saturated carbocycles. The van der Waals surface area contributed by atoms with Crippen LogP contribution in [-0.2, 0) is 16.8 Å². The Balaban J connectivity index is 2.17. The van der Waals surface area contributed by atoms with Crippen molar-refractivity contribution in [3.8, 4) is 5.75 Å². The van der Waals surface area contributed by atoms with Gasteiger partial charge < -0.3 is 20.5 Å². The van der Waals surface area contributed by atoms with Gasteiger partial charge in [0.1, 0.15) is 11.3 Å². The summed E-state index contributed by atoms with van der Waals surface area (Å²) in [6, 6.07) is 3.90. The number of aliphatic carboxylic acids is 1. The Morgan fingerprint density at radius 1 is 1.45 bits per heavy atom. The average molecular weight is 276 g/mol. The number of nitrogens with zero attached hydrogens (tertiary/aromatic N) is 1. The van der Waals surface area contributed by atoms with Crippen molar-refractivity contribution in [2.75, 3.05) is 25.1 Å². The first kappa shape index (κ1) is 13.2. The molecule has 2 aliphatic rings. The minimum absolute atomic E-state index is 0.407. The molecule has 2 heterocycles. The summed E-state index contributed by atoms with van der Waals surface area (Å²) in [7, 11) is 2.05. The molecule has 0 aromatic heterocycles. The van der Waals surface area contributed by atoms with Crippen molar-refractivity contribution in [3.63, 3.8) is 0 Å². The molecule has 0 fully saturated rings. The molecule has 1 aromatic carbocycles. The van der Waals surface area contributed by atoms with Crippen LogP contribution in [0.5, 0.6) is 5.75 Å². The minimum atomic E-state index is -1.34. The zero-order valence-corrected chi connectivity index (χ0v) is 11.7. The lowest BCUT2D eigenvalue weighted by atomic mass is 9.84. The molecule has 0 saturated heterocycles. The number of aryl methyl sites for hydroxylation is 1. The second-order valence-corrected chi connectivity index (χ2v) is 5.73. The van der Waals surface area contributed by atoms with Crippen LogP contribution in [0.15, 0.2) is 12.1 Å². The topological polar surface area (TPSA) is 75.8 Å². The van der Waals surface area contributed by atoms with E-state index in [1.165, 1.54) is 5.56 Å². The van der Waals surface area contributed by atoms with Gasteiger partial charge in [-0.1, -0.05) is 0 Å². The first-order chi connectivity index (χ1) is 9.52. The summed E-state index contributed by atoms with van der Waals surface area (Å²) in [6.07, 6.45) is 3.10. The van der Waals surface area contributed by atoms with Crippen molar-refractivity contribution in [1.82, 2.24) is 0 Å². The number of nitrogens with two attached hydrogens (primary N) is 1. The number of carboxylic acids is 1. The average Bonchev–Trinajstić information content (AvgIpc) is 2.58. The molecule has 1 aromatic rings. The zero-order valence-electron chi connectivity index (χ0n) is 11.7. The van der Waals surface area contributed by atoms with Gasteiger partial charge in [-0.05, 0) is 37.3 Å². The van der Waals surface area contributed by atoms with E-state index in [-0.39, 0.29) is 0 Å². The quantitative estimate of drug-likeness (QED) is 0.812. The summed E-state index contributed by atoms with van der Waals surface area (Å²) in [6.45, 7) is 1.53. The maximum Gasteiger partial charge on any atom is 0.328 e. The van der Waals surface area contributed by atoms with Crippen molar-refractivity contribution in [2.45, 2.75) is 31.2 Å². The van der Waals surface area contributed by atoms with Gasteiger partial charge in [-0.3, -0.25) is 0 Å². The number of carbonyl (C=O) groups is 1. The Morgan fingerprint density at radius 3 is 3.00 bits per heavy atom. The molecule has 2 aliphatic heterocycles. The molecular formula is C15H20N2O3. The summed E-state index contributed by atoms with van der Waals surface area (Å²) in [5.74, 6) is -0.353. The molecule has 0 amide bonds. The molecule has 3 rings (SSSR count). The highest BCUT2D eigenvalue weighted by Gasteiger charge is 2.40. The van der Waals surface area contributed by atoms with E-state index >= 15 is 0 Å². The number of carboxylic acid groups (broad SMARTS) is 1. The monoisotopic (exact) mass is 276 g/mol. The van der Waals surface area contributed by atoms with Gasteiger partial charge in [-0.15, -0.1) is 0 Å². The van der Waals surface area contributed by atoms with Crippen LogP contribution in [0.4, 0.5) is 5.69 Å². The van der Waals surface area contributed by atoms with Crippen molar-refractivity contribution in [1.29, 1.82) is 0 Å². The fraction of sp³-hybridized carbons (Fsp3) is 0.533. The smallest absolute Gasteiger partial charge is 0.328 e. The number of hydrogen-bond donors (Lipinski definition) is 2. The van der Waals surface area contributed by atoms with Gasteiger partial charge in [-0.2, -0.15) is 0 Å². The standard InChI is InChI=1S/C15H20N2O3/c1-17-6-2-4-10-8-11-13(9-12(10)17)20-7-3-5-15(11,16)14(18)19/h8-9H,2-7,16H2,1H3,(H,18,19). The largest absolute Gasteiger partial charge is 0.493 e. The molecule has 5 nitrogen and oxygen atoms in total. The normalized spacial score (nSPS) is 25.2. The maximum absolute atomic E-state index is 11.6. The van der Waals surface area contributed by atoms with Gasteiger partial charge in [0.25, 0.3) is 0 Å². The first-order valence-electron chi connectivity index (χ1n) is 7.06. The van der Waals surface area contributed by atoms with Crippen LogP contribution in [0, 0.1) is 0 Å². The Kier molecular flexibility index (Phi) is 3.09. The molecule has 20 heavy (non-hydrogen) atoms. The first-order valence-corrected chi connectivity index (χ1v) is 7.06. The third kappa shape index (κ3) is 1.93. The van der Waals surface area contributed by atoms with E-state index in [9.17, 15) is 9.90 Å². The van der Waals surface area contributed by atoms with Crippen LogP contribution >= 0.6 is 0 Å². The third-order valence-corrected chi connectivity index (χ3v) is 4.37. The van der Waals surface area contributed by atoms with Gasteiger partial charge in [0, 0.05) is 30.9 Å². The summed E-state index contributed by atoms with van der Waals surface area (Å²) >= 11 is 0. The van der Waals surface area contributed by atoms with Gasteiger partial charge in [0.15, 0.2) is 0 Å². The van der Waals surface area contributed by atoms with E-state index in [0.717, 1.165) is 25.1 Å². The predicted octanol–water partition coefficient (Wildman–Crippen LogP) is 1.48. The van der Waals surface area contributed by atoms with E-state index in [1.807, 2.05) is 19.2 Å². The molecule has 108 valence electrons. The van der Waals surface area contributed by atoms with Crippen LogP contribution in [-0.4, -0.2) is 31.3 Å². The number of anilines is 1. The van der Waals surface area contributed by atoms with Gasteiger partial charge >= 0.3 is 5.97 Å². The van der Waals surface area contributed by atoms with Crippen LogP contribution < -0.4 is 15.4 Å². The second-order valence-electron chi connectivity index (χ2n) is 5.73. The van der Waals surface area contributed by atoms with Gasteiger partial charge in [0.05, 0.1) is 6.61 Å². The number of hydrogen-bond acceptors (Lipinski definition) is 4. The van der Waals surface area contributed by atoms with E-state index < -0.39 is 11.5 Å². The molecule has 0 spiro atoms. The summed E-state index contributed by atoms with van der Waals surface area (Å²) in [5.41, 5.74) is 7.77. The summed E-state index contributed by atoms with van der Waals surface area (Å²) < 4.78 is 5.74. The highest BCUT2D eigenvalue weighted by atomic mass is 16.5. The van der Waals surface area contributed by atoms with Crippen LogP contribution in [0.1, 0.15) is 30.4 Å². The molecule has 0 bridgehead atoms. The van der Waals surface area contributed by atoms with Crippen molar-refractivity contribution < 1.29 is 14.6 Å². The Bertz CT molecular complexity index is 558. The van der Waals surface area contributed by atoms with Crippen LogP contribution in [0.2, 0.25) is 0 Å². The number of ether oxygens (including phenoxy) is 1. The predicted molar refractivity (Wildman–Crippen MR) is 76.3 cm³/mol. The van der Waals surface area contributed by atoms with Crippen molar-refractivity contribution in [3.05, 3.63) is 23.3 Å². The van der Waals surface area contributed by atoms with E-state index in [4.69, 9.17) is 10.5 Å². The molecule has 1 unspecified atom stereocenters. The molecular weight excluding hydrogens is 256 g/mol. The fourth-order valence-electron chi connectivity index (χ4n) is 3.15. The molecule has 5 heteroatoms. The van der Waals surface area contributed by atoms with Crippen LogP contribution in [0.3, 0.4) is 0 Å². The zero-order chi connectivity index (χ0) is 14.3. The number of rotatable bonds is 1. The second kappa shape index (κ2) is 4.66. The van der Waals surface area contributed by atoms with Crippen molar-refractivity contribution >= 4 is 11.7 Å². The van der Waals surface area contributed by atoms with Gasteiger partial charge in [0.2, 0.25) is 0 Å². The number of fused-ring (bicyclic) bond motifs is 2. The lowest BCUT2D eigenvalue weighted by molar-refractivity contribution is -0.144. The Morgan fingerprint density at radius 2 is 2.25 bits per heavy atom. The Hall–Kier alpha value is -1.75. The van der Waals surface area contributed by atoms with E-state index in [1.54, 1.807) is 0 Å².